The number of amides is 1. The Morgan fingerprint density at radius 2 is 1.74 bits per heavy atom. The van der Waals surface area contributed by atoms with Gasteiger partial charge in [0.15, 0.2) is 0 Å². The minimum Gasteiger partial charge on any atom is -0.492 e. The number of pyridine rings is 1. The number of aromatic nitrogens is 1. The van der Waals surface area contributed by atoms with Crippen LogP contribution < -0.4 is 10.1 Å². The standard InChI is InChI=1S/C29H28ClF4N3O5/c30-22-16-21(17-25(18-22)41-14-12-36-24-8-10-35-11-9-24)27(39)37(19-20-5-4-6-23(31)15-20)13-3-1-2-7-26(38)42-28(40)29(32,33)34/h4-6,8-11,15-18H,1-3,7,12-14,19H2,(H,35,36). The fraction of sp³-hybridized carbons (Fsp3) is 0.310. The number of alkyl halides is 3. The molecule has 0 bridgehead atoms. The van der Waals surface area contributed by atoms with Crippen molar-refractivity contribution in [1.29, 1.82) is 0 Å². The van der Waals surface area contributed by atoms with Gasteiger partial charge in [-0.25, -0.2) is 9.18 Å². The van der Waals surface area contributed by atoms with Crippen molar-refractivity contribution in [3.8, 4) is 5.75 Å². The molecule has 0 saturated heterocycles. The number of halogens is 5. The van der Waals surface area contributed by atoms with Crippen molar-refractivity contribution in [1.82, 2.24) is 9.88 Å². The normalized spacial score (nSPS) is 11.1. The van der Waals surface area contributed by atoms with Crippen molar-refractivity contribution in [2.45, 2.75) is 38.4 Å². The maximum Gasteiger partial charge on any atom is 0.491 e. The predicted molar refractivity (Wildman–Crippen MR) is 146 cm³/mol. The highest BCUT2D eigenvalue weighted by atomic mass is 35.5. The number of carbonyl (C=O) groups excluding carboxylic acids is 3. The van der Waals surface area contributed by atoms with Crippen LogP contribution in [0.1, 0.15) is 41.6 Å². The van der Waals surface area contributed by atoms with E-state index in [9.17, 15) is 31.9 Å². The van der Waals surface area contributed by atoms with Crippen LogP contribution in [-0.4, -0.2) is 53.6 Å². The number of nitrogens with zero attached hydrogens (tertiary/aromatic N) is 2. The first-order valence-electron chi connectivity index (χ1n) is 12.9. The highest BCUT2D eigenvalue weighted by Gasteiger charge is 2.42. The van der Waals surface area contributed by atoms with Crippen molar-refractivity contribution in [3.63, 3.8) is 0 Å². The number of hydrogen-bond acceptors (Lipinski definition) is 7. The SMILES string of the molecule is O=C(CCCCCN(Cc1cccc(F)c1)C(=O)c1cc(Cl)cc(OCCNc2ccncc2)c1)OC(=O)C(F)(F)F. The van der Waals surface area contributed by atoms with E-state index in [0.29, 0.717) is 30.7 Å². The molecule has 0 aliphatic heterocycles. The van der Waals surface area contributed by atoms with Crippen molar-refractivity contribution in [2.24, 2.45) is 0 Å². The highest BCUT2D eigenvalue weighted by Crippen LogP contribution is 2.24. The van der Waals surface area contributed by atoms with Crippen LogP contribution in [0, 0.1) is 5.82 Å². The number of ether oxygens (including phenoxy) is 2. The van der Waals surface area contributed by atoms with Crippen LogP contribution in [0.25, 0.3) is 0 Å². The zero-order valence-electron chi connectivity index (χ0n) is 22.3. The van der Waals surface area contributed by atoms with Crippen LogP contribution >= 0.6 is 11.6 Å². The van der Waals surface area contributed by atoms with Gasteiger partial charge in [0.1, 0.15) is 18.2 Å². The van der Waals surface area contributed by atoms with E-state index in [-0.39, 0.29) is 36.7 Å². The molecule has 42 heavy (non-hydrogen) atoms. The fourth-order valence-corrected chi connectivity index (χ4v) is 4.08. The third-order valence-electron chi connectivity index (χ3n) is 5.80. The number of carbonyl (C=O) groups is 3. The molecule has 2 aromatic carbocycles. The van der Waals surface area contributed by atoms with Gasteiger partial charge in [-0.05, 0) is 60.9 Å². The Balaban J connectivity index is 1.60. The second-order valence-electron chi connectivity index (χ2n) is 9.11. The lowest BCUT2D eigenvalue weighted by molar-refractivity contribution is -0.201. The third-order valence-corrected chi connectivity index (χ3v) is 6.01. The fourth-order valence-electron chi connectivity index (χ4n) is 3.86. The predicted octanol–water partition coefficient (Wildman–Crippen LogP) is 6.20. The second kappa shape index (κ2) is 15.7. The molecular weight excluding hydrogens is 582 g/mol. The van der Waals surface area contributed by atoms with Crippen molar-refractivity contribution in [2.75, 3.05) is 25.0 Å². The van der Waals surface area contributed by atoms with Gasteiger partial charge in [-0.3, -0.25) is 14.6 Å². The van der Waals surface area contributed by atoms with Crippen LogP contribution in [0.4, 0.5) is 23.2 Å². The molecule has 3 aromatic rings. The largest absolute Gasteiger partial charge is 0.492 e. The van der Waals surface area contributed by atoms with Crippen LogP contribution in [0.5, 0.6) is 5.75 Å². The number of unbranched alkanes of at least 4 members (excludes halogenated alkanes) is 2. The molecule has 1 aromatic heterocycles. The Labute approximate surface area is 244 Å². The number of anilines is 1. The van der Waals surface area contributed by atoms with E-state index in [1.54, 1.807) is 30.6 Å². The molecule has 1 heterocycles. The molecule has 0 spiro atoms. The van der Waals surface area contributed by atoms with Crippen LogP contribution in [0.3, 0.4) is 0 Å². The molecule has 0 radical (unpaired) electrons. The lowest BCUT2D eigenvalue weighted by Crippen LogP contribution is -2.31. The second-order valence-corrected chi connectivity index (χ2v) is 9.55. The van der Waals surface area contributed by atoms with E-state index in [2.05, 4.69) is 15.0 Å². The molecule has 1 amide bonds. The Hall–Kier alpha value is -4.19. The molecule has 1 N–H and O–H groups in total. The molecule has 0 fully saturated rings. The number of benzene rings is 2. The zero-order chi connectivity index (χ0) is 30.5. The summed E-state index contributed by atoms with van der Waals surface area (Å²) in [6.07, 6.45) is -1.50. The van der Waals surface area contributed by atoms with Gasteiger partial charge < -0.3 is 19.7 Å². The summed E-state index contributed by atoms with van der Waals surface area (Å²) in [4.78, 5) is 41.2. The minimum atomic E-state index is -5.25. The van der Waals surface area contributed by atoms with E-state index >= 15 is 0 Å². The lowest BCUT2D eigenvalue weighted by Gasteiger charge is -2.23. The minimum absolute atomic E-state index is 0.0667. The van der Waals surface area contributed by atoms with Gasteiger partial charge in [0, 0.05) is 54.7 Å². The molecule has 0 saturated carbocycles. The van der Waals surface area contributed by atoms with Gasteiger partial charge in [0.25, 0.3) is 5.91 Å². The number of rotatable bonds is 14. The average Bonchev–Trinajstić information content (AvgIpc) is 2.94. The molecule has 3 rings (SSSR count). The summed E-state index contributed by atoms with van der Waals surface area (Å²) >= 11 is 6.27. The Bertz CT molecular complexity index is 1360. The molecule has 8 nitrogen and oxygen atoms in total. The molecule has 0 aliphatic rings. The summed E-state index contributed by atoms with van der Waals surface area (Å²) in [5, 5.41) is 3.45. The van der Waals surface area contributed by atoms with E-state index in [0.717, 1.165) is 5.69 Å². The molecule has 0 atom stereocenters. The van der Waals surface area contributed by atoms with E-state index < -0.39 is 36.3 Å². The van der Waals surface area contributed by atoms with Crippen molar-refractivity contribution in [3.05, 3.63) is 89.0 Å². The molecule has 0 aliphatic carbocycles. The van der Waals surface area contributed by atoms with Crippen molar-refractivity contribution >= 4 is 35.1 Å². The third kappa shape index (κ3) is 11.0. The van der Waals surface area contributed by atoms with Gasteiger partial charge in [-0.2, -0.15) is 13.2 Å². The van der Waals surface area contributed by atoms with Gasteiger partial charge in [-0.15, -0.1) is 0 Å². The lowest BCUT2D eigenvalue weighted by atomic mass is 10.1. The maximum atomic E-state index is 13.8. The number of nitrogens with one attached hydrogen (secondary N) is 1. The van der Waals surface area contributed by atoms with Crippen LogP contribution in [0.15, 0.2) is 67.0 Å². The maximum absolute atomic E-state index is 13.8. The summed E-state index contributed by atoms with van der Waals surface area (Å²) in [5.74, 6) is -4.34. The zero-order valence-corrected chi connectivity index (χ0v) is 23.1. The molecule has 0 unspecified atom stereocenters. The van der Waals surface area contributed by atoms with E-state index in [1.165, 1.54) is 29.2 Å². The van der Waals surface area contributed by atoms with E-state index in [4.69, 9.17) is 16.3 Å². The highest BCUT2D eigenvalue weighted by molar-refractivity contribution is 6.31. The summed E-state index contributed by atoms with van der Waals surface area (Å²) in [6.45, 7) is 1.01. The first kappa shape index (κ1) is 32.3. The first-order valence-corrected chi connectivity index (χ1v) is 13.3. The number of esters is 2. The monoisotopic (exact) mass is 609 g/mol. The van der Waals surface area contributed by atoms with Crippen LogP contribution in [0.2, 0.25) is 5.02 Å². The first-order chi connectivity index (χ1) is 20.0. The average molecular weight is 610 g/mol. The smallest absolute Gasteiger partial charge is 0.491 e. The molecule has 13 heteroatoms. The van der Waals surface area contributed by atoms with Gasteiger partial charge >= 0.3 is 18.1 Å². The molecule has 224 valence electrons. The topological polar surface area (TPSA) is 97.8 Å². The quantitative estimate of drug-likeness (QED) is 0.101. The van der Waals surface area contributed by atoms with Gasteiger partial charge in [-0.1, -0.05) is 30.2 Å². The summed E-state index contributed by atoms with van der Waals surface area (Å²) < 4.78 is 60.1. The molecular formula is C29H28ClF4N3O5. The summed E-state index contributed by atoms with van der Waals surface area (Å²) in [7, 11) is 0. The van der Waals surface area contributed by atoms with Gasteiger partial charge in [0.05, 0.1) is 0 Å². The Kier molecular flexibility index (Phi) is 12.1. The van der Waals surface area contributed by atoms with Crippen LogP contribution in [-0.2, 0) is 20.9 Å². The summed E-state index contributed by atoms with van der Waals surface area (Å²) in [5.41, 5.74) is 1.65. The van der Waals surface area contributed by atoms with E-state index in [1.807, 2.05) is 12.1 Å². The Morgan fingerprint density at radius 1 is 0.976 bits per heavy atom. The van der Waals surface area contributed by atoms with Gasteiger partial charge in [0.2, 0.25) is 0 Å². The van der Waals surface area contributed by atoms with Crippen molar-refractivity contribution < 1.29 is 41.4 Å². The Morgan fingerprint density at radius 3 is 2.45 bits per heavy atom. The number of hydrogen-bond donors (Lipinski definition) is 1. The summed E-state index contributed by atoms with van der Waals surface area (Å²) in [6, 6.07) is 14.0.